The fraction of sp³-hybridized carbons (Fsp3) is 0.150. The molecule has 0 aliphatic rings. The molecule has 0 radical (unpaired) electrons. The van der Waals surface area contributed by atoms with Gasteiger partial charge in [0.15, 0.2) is 9.84 Å². The number of alkyl halides is 2. The Morgan fingerprint density at radius 3 is 2.33 bits per heavy atom. The number of nitrogens with one attached hydrogen (secondary N) is 1. The van der Waals surface area contributed by atoms with Crippen LogP contribution < -0.4 is 4.74 Å². The summed E-state index contributed by atoms with van der Waals surface area (Å²) in [4.78, 5) is 8.20. The number of aryl methyl sites for hydroxylation is 1. The van der Waals surface area contributed by atoms with Crippen LogP contribution in [0.5, 0.6) is 5.88 Å². The minimum absolute atomic E-state index is 0.203. The van der Waals surface area contributed by atoms with E-state index in [2.05, 4.69) is 24.9 Å². The highest BCUT2D eigenvalue weighted by molar-refractivity contribution is 7.90. The molecule has 3 aromatic heterocycles. The molecule has 0 aliphatic heterocycles. The van der Waals surface area contributed by atoms with Gasteiger partial charge in [0.1, 0.15) is 0 Å². The Balaban J connectivity index is 0.000000367. The quantitative estimate of drug-likeness (QED) is 0.523. The summed E-state index contributed by atoms with van der Waals surface area (Å²) in [5.74, 6) is -0.257. The molecule has 4 rings (SSSR count). The van der Waals surface area contributed by atoms with E-state index in [1.165, 1.54) is 12.3 Å². The third kappa shape index (κ3) is 4.95. The molecule has 0 spiro atoms. The predicted octanol–water partition coefficient (Wildman–Crippen LogP) is 4.02. The summed E-state index contributed by atoms with van der Waals surface area (Å²) in [6, 6.07) is 12.0. The van der Waals surface area contributed by atoms with E-state index in [-0.39, 0.29) is 10.8 Å². The smallest absolute Gasteiger partial charge is 0.388 e. The SMILES string of the molecule is Cc1cc(-c2nccc3[nH]nc(OC(F)F)c23)ccc1S(C)(=O)=O.c1ccncc1. The van der Waals surface area contributed by atoms with E-state index in [1.807, 2.05) is 18.2 Å². The Kier molecular flexibility index (Phi) is 6.36. The van der Waals surface area contributed by atoms with E-state index in [0.29, 0.717) is 27.7 Å². The lowest BCUT2D eigenvalue weighted by Crippen LogP contribution is -2.03. The average Bonchev–Trinajstić information content (AvgIpc) is 3.11. The van der Waals surface area contributed by atoms with Gasteiger partial charge in [0.05, 0.1) is 21.5 Å². The second-order valence-corrected chi connectivity index (χ2v) is 8.25. The first-order chi connectivity index (χ1) is 14.3. The molecule has 0 saturated heterocycles. The number of ether oxygens (including phenoxy) is 1. The van der Waals surface area contributed by atoms with Crippen LogP contribution in [0, 0.1) is 6.92 Å². The summed E-state index contributed by atoms with van der Waals surface area (Å²) >= 11 is 0. The standard InChI is InChI=1S/C15H13F2N3O3S.C5H5N/c1-8-7-9(3-4-11(8)24(2,21)22)13-12-10(5-6-18-13)19-20-14(12)23-15(16)17;1-2-4-6-5-3-1/h3-7,15H,1-2H3,(H,19,20);1-5H. The highest BCUT2D eigenvalue weighted by Crippen LogP contribution is 2.33. The third-order valence-electron chi connectivity index (χ3n) is 4.06. The molecule has 10 heteroatoms. The van der Waals surface area contributed by atoms with Gasteiger partial charge in [-0.3, -0.25) is 15.1 Å². The molecule has 0 unspecified atom stereocenters. The van der Waals surface area contributed by atoms with Gasteiger partial charge < -0.3 is 4.74 Å². The topological polar surface area (TPSA) is 97.8 Å². The first-order valence-electron chi connectivity index (χ1n) is 8.71. The number of benzene rings is 1. The fourth-order valence-corrected chi connectivity index (χ4v) is 3.81. The summed E-state index contributed by atoms with van der Waals surface area (Å²) in [5, 5.41) is 6.66. The second kappa shape index (κ2) is 8.95. The van der Waals surface area contributed by atoms with Crippen molar-refractivity contribution in [2.45, 2.75) is 18.4 Å². The zero-order chi connectivity index (χ0) is 21.7. The third-order valence-corrected chi connectivity index (χ3v) is 5.31. The molecular weight excluding hydrogens is 414 g/mol. The first kappa shape index (κ1) is 21.3. The number of rotatable bonds is 4. The van der Waals surface area contributed by atoms with Crippen LogP contribution in [0.15, 0.2) is 66.0 Å². The van der Waals surface area contributed by atoms with Crippen molar-refractivity contribution in [3.8, 4) is 17.1 Å². The van der Waals surface area contributed by atoms with Crippen LogP contribution in [0.4, 0.5) is 8.78 Å². The maximum Gasteiger partial charge on any atom is 0.388 e. The number of fused-ring (bicyclic) bond motifs is 1. The molecule has 7 nitrogen and oxygen atoms in total. The van der Waals surface area contributed by atoms with E-state index < -0.39 is 16.4 Å². The molecule has 1 aromatic carbocycles. The van der Waals surface area contributed by atoms with E-state index in [9.17, 15) is 17.2 Å². The predicted molar refractivity (Wildman–Crippen MR) is 108 cm³/mol. The monoisotopic (exact) mass is 432 g/mol. The van der Waals surface area contributed by atoms with E-state index in [4.69, 9.17) is 0 Å². The summed E-state index contributed by atoms with van der Waals surface area (Å²) < 4.78 is 52.9. The van der Waals surface area contributed by atoms with Gasteiger partial charge in [-0.1, -0.05) is 12.1 Å². The molecule has 0 atom stereocenters. The van der Waals surface area contributed by atoms with Crippen LogP contribution >= 0.6 is 0 Å². The van der Waals surface area contributed by atoms with Crippen LogP contribution in [0.1, 0.15) is 5.56 Å². The Morgan fingerprint density at radius 1 is 1.07 bits per heavy atom. The molecule has 3 heterocycles. The molecule has 30 heavy (non-hydrogen) atoms. The first-order valence-corrected chi connectivity index (χ1v) is 10.6. The van der Waals surface area contributed by atoms with Gasteiger partial charge >= 0.3 is 6.61 Å². The number of hydrogen-bond acceptors (Lipinski definition) is 6. The Hall–Kier alpha value is -3.40. The van der Waals surface area contributed by atoms with Crippen molar-refractivity contribution in [1.82, 2.24) is 20.2 Å². The van der Waals surface area contributed by atoms with Crippen molar-refractivity contribution in [2.24, 2.45) is 0 Å². The van der Waals surface area contributed by atoms with Crippen molar-refractivity contribution >= 4 is 20.7 Å². The number of pyridine rings is 2. The van der Waals surface area contributed by atoms with E-state index in [0.717, 1.165) is 6.26 Å². The molecule has 156 valence electrons. The fourth-order valence-electron chi connectivity index (χ4n) is 2.85. The number of aromatic amines is 1. The normalized spacial score (nSPS) is 11.2. The maximum absolute atomic E-state index is 12.5. The summed E-state index contributed by atoms with van der Waals surface area (Å²) in [6.45, 7) is -1.36. The van der Waals surface area contributed by atoms with Crippen LogP contribution in [-0.4, -0.2) is 41.5 Å². The number of nitrogens with zero attached hydrogens (tertiary/aromatic N) is 3. The Bertz CT molecular complexity index is 1220. The molecule has 4 aromatic rings. The lowest BCUT2D eigenvalue weighted by molar-refractivity contribution is -0.0518. The van der Waals surface area contributed by atoms with Crippen LogP contribution in [0.25, 0.3) is 22.2 Å². The minimum Gasteiger partial charge on any atom is -0.415 e. The van der Waals surface area contributed by atoms with Crippen molar-refractivity contribution in [1.29, 1.82) is 0 Å². The molecule has 0 aliphatic carbocycles. The van der Waals surface area contributed by atoms with Crippen LogP contribution in [-0.2, 0) is 9.84 Å². The van der Waals surface area contributed by atoms with Crippen molar-refractivity contribution in [3.63, 3.8) is 0 Å². The van der Waals surface area contributed by atoms with Crippen molar-refractivity contribution in [3.05, 3.63) is 66.6 Å². The van der Waals surface area contributed by atoms with Gasteiger partial charge in [0.25, 0.3) is 0 Å². The number of aromatic nitrogens is 4. The lowest BCUT2D eigenvalue weighted by atomic mass is 10.1. The number of hydrogen-bond donors (Lipinski definition) is 1. The van der Waals surface area contributed by atoms with Crippen molar-refractivity contribution < 1.29 is 21.9 Å². The van der Waals surface area contributed by atoms with Gasteiger partial charge in [-0.25, -0.2) is 8.42 Å². The van der Waals surface area contributed by atoms with E-state index >= 15 is 0 Å². The molecular formula is C20H18F2N4O3S. The molecule has 1 N–H and O–H groups in total. The van der Waals surface area contributed by atoms with Crippen molar-refractivity contribution in [2.75, 3.05) is 6.26 Å². The van der Waals surface area contributed by atoms with E-state index in [1.54, 1.807) is 37.5 Å². The number of H-pyrrole nitrogens is 1. The van der Waals surface area contributed by atoms with Crippen LogP contribution in [0.2, 0.25) is 0 Å². The summed E-state index contributed by atoms with van der Waals surface area (Å²) in [6.07, 6.45) is 6.13. The van der Waals surface area contributed by atoms with Gasteiger partial charge in [0.2, 0.25) is 5.88 Å². The zero-order valence-electron chi connectivity index (χ0n) is 16.1. The number of sulfone groups is 1. The van der Waals surface area contributed by atoms with Gasteiger partial charge in [-0.15, -0.1) is 5.10 Å². The van der Waals surface area contributed by atoms with Gasteiger partial charge in [-0.2, -0.15) is 8.78 Å². The zero-order valence-corrected chi connectivity index (χ0v) is 16.9. The average molecular weight is 432 g/mol. The second-order valence-electron chi connectivity index (χ2n) is 6.27. The largest absolute Gasteiger partial charge is 0.415 e. The number of halogens is 2. The van der Waals surface area contributed by atoms with Gasteiger partial charge in [0, 0.05) is 30.4 Å². The van der Waals surface area contributed by atoms with Crippen LogP contribution in [0.3, 0.4) is 0 Å². The molecule has 0 fully saturated rings. The molecule has 0 saturated carbocycles. The molecule has 0 bridgehead atoms. The summed E-state index contributed by atoms with van der Waals surface area (Å²) in [7, 11) is -3.35. The Labute approximate surface area is 171 Å². The highest BCUT2D eigenvalue weighted by atomic mass is 32.2. The minimum atomic E-state index is -3.35. The summed E-state index contributed by atoms with van der Waals surface area (Å²) in [5.41, 5.74) is 1.97. The lowest BCUT2D eigenvalue weighted by Gasteiger charge is -2.08. The Morgan fingerprint density at radius 2 is 1.80 bits per heavy atom. The van der Waals surface area contributed by atoms with Gasteiger partial charge in [-0.05, 0) is 42.8 Å². The highest BCUT2D eigenvalue weighted by Gasteiger charge is 2.19. The molecule has 0 amide bonds. The maximum atomic E-state index is 12.5.